The van der Waals surface area contributed by atoms with E-state index in [1.165, 1.54) is 0 Å². The van der Waals surface area contributed by atoms with Crippen molar-refractivity contribution in [1.82, 2.24) is 5.32 Å². The van der Waals surface area contributed by atoms with Crippen LogP contribution in [0.25, 0.3) is 10.8 Å². The third-order valence-electron chi connectivity index (χ3n) is 3.40. The normalized spacial score (nSPS) is 10.8. The number of fused-ring (bicyclic) bond motifs is 1. The second-order valence-electron chi connectivity index (χ2n) is 4.83. The van der Waals surface area contributed by atoms with Gasteiger partial charge in [-0.15, -0.1) is 0 Å². The van der Waals surface area contributed by atoms with E-state index >= 15 is 0 Å². The predicted octanol–water partition coefficient (Wildman–Crippen LogP) is 5.00. The molecule has 0 aliphatic heterocycles. The van der Waals surface area contributed by atoms with Crippen LogP contribution in [0.1, 0.15) is 5.56 Å². The van der Waals surface area contributed by atoms with Crippen LogP contribution in [-0.4, -0.2) is 7.05 Å². The fourth-order valence-corrected chi connectivity index (χ4v) is 2.62. The first-order valence-corrected chi connectivity index (χ1v) is 7.25. The van der Waals surface area contributed by atoms with Crippen LogP contribution in [0.15, 0.2) is 60.7 Å². The van der Waals surface area contributed by atoms with Crippen LogP contribution < -0.4 is 10.1 Å². The van der Waals surface area contributed by atoms with Gasteiger partial charge in [-0.25, -0.2) is 0 Å². The molecule has 21 heavy (non-hydrogen) atoms. The Morgan fingerprint density at radius 2 is 1.62 bits per heavy atom. The van der Waals surface area contributed by atoms with Crippen molar-refractivity contribution in [3.05, 3.63) is 71.2 Å². The molecule has 0 unspecified atom stereocenters. The average molecular weight is 298 g/mol. The molecule has 0 amide bonds. The zero-order valence-corrected chi connectivity index (χ0v) is 12.5. The Bertz CT molecular complexity index is 765. The zero-order valence-electron chi connectivity index (χ0n) is 11.8. The topological polar surface area (TPSA) is 21.3 Å². The summed E-state index contributed by atoms with van der Waals surface area (Å²) in [6.45, 7) is 0.666. The second kappa shape index (κ2) is 6.17. The van der Waals surface area contributed by atoms with Crippen molar-refractivity contribution < 1.29 is 4.74 Å². The van der Waals surface area contributed by atoms with Crippen molar-refractivity contribution in [2.75, 3.05) is 7.05 Å². The van der Waals surface area contributed by atoms with Crippen LogP contribution in [0.5, 0.6) is 11.5 Å². The number of hydrogen-bond acceptors (Lipinski definition) is 2. The van der Waals surface area contributed by atoms with Crippen molar-refractivity contribution in [1.29, 1.82) is 0 Å². The Morgan fingerprint density at radius 3 is 2.48 bits per heavy atom. The quantitative estimate of drug-likeness (QED) is 0.731. The minimum absolute atomic E-state index is 0.666. The van der Waals surface area contributed by atoms with Gasteiger partial charge < -0.3 is 10.1 Å². The van der Waals surface area contributed by atoms with Crippen LogP contribution in [0, 0.1) is 0 Å². The number of benzene rings is 3. The lowest BCUT2D eigenvalue weighted by molar-refractivity contribution is 0.480. The van der Waals surface area contributed by atoms with Crippen molar-refractivity contribution >= 4 is 22.4 Å². The second-order valence-corrected chi connectivity index (χ2v) is 5.23. The van der Waals surface area contributed by atoms with E-state index in [-0.39, 0.29) is 0 Å². The highest BCUT2D eigenvalue weighted by atomic mass is 35.5. The van der Waals surface area contributed by atoms with Gasteiger partial charge in [0.1, 0.15) is 11.5 Å². The first kappa shape index (κ1) is 13.9. The van der Waals surface area contributed by atoms with Crippen molar-refractivity contribution in [2.45, 2.75) is 6.54 Å². The Kier molecular flexibility index (Phi) is 4.09. The minimum Gasteiger partial charge on any atom is -0.456 e. The van der Waals surface area contributed by atoms with Gasteiger partial charge in [-0.2, -0.15) is 0 Å². The fourth-order valence-electron chi connectivity index (χ4n) is 2.39. The van der Waals surface area contributed by atoms with Crippen LogP contribution in [0.4, 0.5) is 0 Å². The standard InChI is InChI=1S/C18H16ClNO/c1-20-12-15-16(19)9-5-11-18(15)21-17-10-4-7-13-6-2-3-8-14(13)17/h2-11,20H,12H2,1H3. The zero-order chi connectivity index (χ0) is 14.7. The van der Waals surface area contributed by atoms with Gasteiger partial charge >= 0.3 is 0 Å². The van der Waals surface area contributed by atoms with Gasteiger partial charge in [0.25, 0.3) is 0 Å². The van der Waals surface area contributed by atoms with Crippen molar-refractivity contribution in [3.63, 3.8) is 0 Å². The summed E-state index contributed by atoms with van der Waals surface area (Å²) in [5, 5.41) is 6.09. The highest BCUT2D eigenvalue weighted by Crippen LogP contribution is 2.34. The molecule has 2 nitrogen and oxygen atoms in total. The van der Waals surface area contributed by atoms with Crippen LogP contribution in [-0.2, 0) is 6.54 Å². The molecule has 0 fully saturated rings. The maximum Gasteiger partial charge on any atom is 0.135 e. The number of hydrogen-bond donors (Lipinski definition) is 1. The van der Waals surface area contributed by atoms with E-state index in [2.05, 4.69) is 23.5 Å². The lowest BCUT2D eigenvalue weighted by Gasteiger charge is -2.14. The number of halogens is 1. The summed E-state index contributed by atoms with van der Waals surface area (Å²) in [7, 11) is 1.89. The lowest BCUT2D eigenvalue weighted by atomic mass is 10.1. The molecule has 0 radical (unpaired) electrons. The fraction of sp³-hybridized carbons (Fsp3) is 0.111. The molecule has 0 heterocycles. The van der Waals surface area contributed by atoms with E-state index < -0.39 is 0 Å². The molecule has 0 aliphatic carbocycles. The van der Waals surface area contributed by atoms with E-state index in [1.807, 2.05) is 49.5 Å². The van der Waals surface area contributed by atoms with E-state index in [0.717, 1.165) is 27.8 Å². The molecule has 0 atom stereocenters. The summed E-state index contributed by atoms with van der Waals surface area (Å²) >= 11 is 6.27. The molecular weight excluding hydrogens is 282 g/mol. The van der Waals surface area contributed by atoms with E-state index in [4.69, 9.17) is 16.3 Å². The Morgan fingerprint density at radius 1 is 0.905 bits per heavy atom. The molecule has 0 aliphatic rings. The summed E-state index contributed by atoms with van der Waals surface area (Å²) in [5.41, 5.74) is 0.967. The van der Waals surface area contributed by atoms with Gasteiger partial charge in [0.2, 0.25) is 0 Å². The lowest BCUT2D eigenvalue weighted by Crippen LogP contribution is -2.07. The van der Waals surface area contributed by atoms with Gasteiger partial charge in [0.05, 0.1) is 0 Å². The van der Waals surface area contributed by atoms with Gasteiger partial charge in [-0.3, -0.25) is 0 Å². The van der Waals surface area contributed by atoms with Gasteiger partial charge in [-0.05, 0) is 30.6 Å². The summed E-state index contributed by atoms with van der Waals surface area (Å²) in [6, 6.07) is 20.0. The van der Waals surface area contributed by atoms with Crippen molar-refractivity contribution in [2.24, 2.45) is 0 Å². The first-order valence-electron chi connectivity index (χ1n) is 6.87. The predicted molar refractivity (Wildman–Crippen MR) is 88.2 cm³/mol. The van der Waals surface area contributed by atoms with E-state index in [9.17, 15) is 0 Å². The van der Waals surface area contributed by atoms with Crippen LogP contribution in [0.2, 0.25) is 5.02 Å². The smallest absolute Gasteiger partial charge is 0.135 e. The monoisotopic (exact) mass is 297 g/mol. The van der Waals surface area contributed by atoms with Crippen LogP contribution in [0.3, 0.4) is 0 Å². The molecule has 0 bridgehead atoms. The molecule has 0 aromatic heterocycles. The Labute approximate surface area is 129 Å². The number of ether oxygens (including phenoxy) is 1. The van der Waals surface area contributed by atoms with Gasteiger partial charge in [0, 0.05) is 22.5 Å². The van der Waals surface area contributed by atoms with E-state index in [0.29, 0.717) is 11.6 Å². The van der Waals surface area contributed by atoms with Gasteiger partial charge in [-0.1, -0.05) is 54.1 Å². The molecule has 3 aromatic rings. The Balaban J connectivity index is 2.05. The highest BCUT2D eigenvalue weighted by molar-refractivity contribution is 6.31. The van der Waals surface area contributed by atoms with E-state index in [1.54, 1.807) is 0 Å². The Hall–Kier alpha value is -2.03. The highest BCUT2D eigenvalue weighted by Gasteiger charge is 2.10. The maximum atomic E-state index is 6.27. The molecule has 0 saturated carbocycles. The van der Waals surface area contributed by atoms with Crippen LogP contribution >= 0.6 is 11.6 Å². The third kappa shape index (κ3) is 2.87. The van der Waals surface area contributed by atoms with Crippen molar-refractivity contribution in [3.8, 4) is 11.5 Å². The average Bonchev–Trinajstić information content (AvgIpc) is 2.51. The largest absolute Gasteiger partial charge is 0.456 e. The summed E-state index contributed by atoms with van der Waals surface area (Å²) < 4.78 is 6.13. The molecule has 1 N–H and O–H groups in total. The summed E-state index contributed by atoms with van der Waals surface area (Å²) in [4.78, 5) is 0. The molecule has 3 aromatic carbocycles. The van der Waals surface area contributed by atoms with Gasteiger partial charge in [0.15, 0.2) is 0 Å². The first-order chi connectivity index (χ1) is 10.3. The minimum atomic E-state index is 0.666. The molecule has 3 heteroatoms. The summed E-state index contributed by atoms with van der Waals surface area (Å²) in [5.74, 6) is 1.63. The molecule has 0 spiro atoms. The molecule has 0 saturated heterocycles. The SMILES string of the molecule is CNCc1c(Cl)cccc1Oc1cccc2ccccc12. The number of nitrogens with one attached hydrogen (secondary N) is 1. The number of rotatable bonds is 4. The third-order valence-corrected chi connectivity index (χ3v) is 3.75. The maximum absolute atomic E-state index is 6.27. The molecule has 3 rings (SSSR count). The summed E-state index contributed by atoms with van der Waals surface area (Å²) in [6.07, 6.45) is 0. The molecular formula is C18H16ClNO. The molecule has 106 valence electrons.